The number of aromatic nitrogens is 1. The molecule has 1 aromatic heterocycles. The number of nitrogens with zero attached hydrogens (tertiary/aromatic N) is 1. The van der Waals surface area contributed by atoms with Gasteiger partial charge in [-0.2, -0.15) is 0 Å². The van der Waals surface area contributed by atoms with Crippen LogP contribution in [0, 0.1) is 12.7 Å². The molecule has 1 aromatic carbocycles. The van der Waals surface area contributed by atoms with Crippen LogP contribution >= 0.6 is 11.6 Å². The summed E-state index contributed by atoms with van der Waals surface area (Å²) in [6.45, 7) is 4.71. The number of benzene rings is 1. The van der Waals surface area contributed by atoms with Crippen molar-refractivity contribution < 1.29 is 4.39 Å². The van der Waals surface area contributed by atoms with Crippen LogP contribution in [0.15, 0.2) is 36.7 Å². The quantitative estimate of drug-likeness (QED) is 0.852. The van der Waals surface area contributed by atoms with Crippen molar-refractivity contribution in [3.8, 4) is 0 Å². The van der Waals surface area contributed by atoms with E-state index in [4.69, 9.17) is 11.6 Å². The van der Waals surface area contributed by atoms with E-state index in [1.807, 2.05) is 18.2 Å². The fourth-order valence-corrected chi connectivity index (χ4v) is 2.54. The van der Waals surface area contributed by atoms with E-state index in [9.17, 15) is 4.39 Å². The summed E-state index contributed by atoms with van der Waals surface area (Å²) in [7, 11) is 0. The van der Waals surface area contributed by atoms with Gasteiger partial charge in [0.15, 0.2) is 0 Å². The predicted octanol–water partition coefficient (Wildman–Crippen LogP) is 4.47. The molecule has 2 aromatic rings. The molecule has 0 saturated carbocycles. The molecule has 0 saturated heterocycles. The van der Waals surface area contributed by atoms with Crippen LogP contribution in [0.2, 0.25) is 5.02 Å². The number of rotatable bonds is 6. The second-order valence-corrected chi connectivity index (χ2v) is 5.56. The molecule has 0 bridgehead atoms. The van der Waals surface area contributed by atoms with Gasteiger partial charge in [-0.1, -0.05) is 36.7 Å². The second kappa shape index (κ2) is 7.53. The lowest BCUT2D eigenvalue weighted by molar-refractivity contribution is 0.494. The van der Waals surface area contributed by atoms with E-state index in [0.717, 1.165) is 18.5 Å². The Bertz CT molecular complexity index is 601. The minimum Gasteiger partial charge on any atom is -0.310 e. The van der Waals surface area contributed by atoms with Gasteiger partial charge in [0.05, 0.1) is 5.02 Å². The topological polar surface area (TPSA) is 24.9 Å². The summed E-state index contributed by atoms with van der Waals surface area (Å²) >= 11 is 6.18. The Morgan fingerprint density at radius 2 is 2.14 bits per heavy atom. The fraction of sp³-hybridized carbons (Fsp3) is 0.353. The molecule has 2 nitrogen and oxygen atoms in total. The van der Waals surface area contributed by atoms with Gasteiger partial charge in [-0.15, -0.1) is 0 Å². The van der Waals surface area contributed by atoms with Gasteiger partial charge in [0, 0.05) is 24.0 Å². The molecule has 0 aliphatic heterocycles. The standard InChI is InChI=1S/C17H20ClFN2/c1-3-8-21-16(10-13-7-9-20-11-15(13)18)14-6-4-5-12(2)17(14)19/h4-7,9,11,16,21H,3,8,10H2,1-2H3. The number of pyridine rings is 1. The fourth-order valence-electron chi connectivity index (χ4n) is 2.34. The van der Waals surface area contributed by atoms with Crippen LogP contribution in [0.3, 0.4) is 0 Å². The van der Waals surface area contributed by atoms with E-state index in [2.05, 4.69) is 17.2 Å². The normalized spacial score (nSPS) is 12.4. The lowest BCUT2D eigenvalue weighted by atomic mass is 9.97. The molecular weight excluding hydrogens is 287 g/mol. The van der Waals surface area contributed by atoms with Crippen molar-refractivity contribution in [2.75, 3.05) is 6.54 Å². The third kappa shape index (κ3) is 4.02. The maximum Gasteiger partial charge on any atom is 0.130 e. The van der Waals surface area contributed by atoms with Gasteiger partial charge >= 0.3 is 0 Å². The van der Waals surface area contributed by atoms with Crippen LogP contribution in [0.5, 0.6) is 0 Å². The molecule has 1 unspecified atom stereocenters. The Labute approximate surface area is 130 Å². The second-order valence-electron chi connectivity index (χ2n) is 5.16. The van der Waals surface area contributed by atoms with Crippen LogP contribution in [0.1, 0.15) is 36.1 Å². The molecule has 1 heterocycles. The molecule has 21 heavy (non-hydrogen) atoms. The molecule has 0 aliphatic carbocycles. The average molecular weight is 307 g/mol. The zero-order chi connectivity index (χ0) is 15.2. The summed E-state index contributed by atoms with van der Waals surface area (Å²) in [4.78, 5) is 3.99. The van der Waals surface area contributed by atoms with Gasteiger partial charge in [0.25, 0.3) is 0 Å². The summed E-state index contributed by atoms with van der Waals surface area (Å²) < 4.78 is 14.4. The summed E-state index contributed by atoms with van der Waals surface area (Å²) in [6.07, 6.45) is 4.97. The van der Waals surface area contributed by atoms with Gasteiger partial charge in [-0.05, 0) is 43.5 Å². The smallest absolute Gasteiger partial charge is 0.130 e. The first kappa shape index (κ1) is 15.9. The first-order chi connectivity index (χ1) is 10.1. The highest BCUT2D eigenvalue weighted by atomic mass is 35.5. The minimum atomic E-state index is -0.142. The van der Waals surface area contributed by atoms with Crippen LogP contribution in [0.25, 0.3) is 0 Å². The van der Waals surface area contributed by atoms with Gasteiger partial charge in [0.2, 0.25) is 0 Å². The van der Waals surface area contributed by atoms with Crippen molar-refractivity contribution >= 4 is 11.6 Å². The molecule has 0 aliphatic rings. The molecule has 1 N–H and O–H groups in total. The van der Waals surface area contributed by atoms with Crippen molar-refractivity contribution in [3.63, 3.8) is 0 Å². The summed E-state index contributed by atoms with van der Waals surface area (Å²) in [5.74, 6) is -0.142. The third-order valence-electron chi connectivity index (χ3n) is 3.52. The molecule has 0 radical (unpaired) electrons. The van der Waals surface area contributed by atoms with Crippen LogP contribution in [-0.2, 0) is 6.42 Å². The van der Waals surface area contributed by atoms with Crippen molar-refractivity contribution in [3.05, 3.63) is 64.2 Å². The maximum absolute atomic E-state index is 14.4. The van der Waals surface area contributed by atoms with E-state index < -0.39 is 0 Å². The highest BCUT2D eigenvalue weighted by molar-refractivity contribution is 6.31. The molecule has 112 valence electrons. The third-order valence-corrected chi connectivity index (χ3v) is 3.86. The first-order valence-corrected chi connectivity index (χ1v) is 7.58. The molecule has 4 heteroatoms. The van der Waals surface area contributed by atoms with Gasteiger partial charge in [0.1, 0.15) is 5.82 Å². The number of hydrogen-bond donors (Lipinski definition) is 1. The maximum atomic E-state index is 14.4. The van der Waals surface area contributed by atoms with Crippen LogP contribution < -0.4 is 5.32 Å². The number of hydrogen-bond acceptors (Lipinski definition) is 2. The zero-order valence-electron chi connectivity index (χ0n) is 12.4. The van der Waals surface area contributed by atoms with Crippen molar-refractivity contribution in [2.45, 2.75) is 32.7 Å². The monoisotopic (exact) mass is 306 g/mol. The summed E-state index contributed by atoms with van der Waals surface area (Å²) in [5.41, 5.74) is 2.33. The van der Waals surface area contributed by atoms with Gasteiger partial charge in [-0.25, -0.2) is 4.39 Å². The van der Waals surface area contributed by atoms with Gasteiger partial charge < -0.3 is 5.32 Å². The van der Waals surface area contributed by atoms with Crippen LogP contribution in [0.4, 0.5) is 4.39 Å². The number of nitrogens with one attached hydrogen (secondary N) is 1. The Balaban J connectivity index is 2.30. The van der Waals surface area contributed by atoms with E-state index in [0.29, 0.717) is 22.6 Å². The minimum absolute atomic E-state index is 0.0928. The Morgan fingerprint density at radius 1 is 1.33 bits per heavy atom. The Morgan fingerprint density at radius 3 is 2.86 bits per heavy atom. The van der Waals surface area contributed by atoms with Crippen molar-refractivity contribution in [2.24, 2.45) is 0 Å². The van der Waals surface area contributed by atoms with Crippen molar-refractivity contribution in [1.29, 1.82) is 0 Å². The highest BCUT2D eigenvalue weighted by Gasteiger charge is 2.18. The lowest BCUT2D eigenvalue weighted by Gasteiger charge is -2.21. The highest BCUT2D eigenvalue weighted by Crippen LogP contribution is 2.26. The zero-order valence-corrected chi connectivity index (χ0v) is 13.1. The van der Waals surface area contributed by atoms with Crippen LogP contribution in [-0.4, -0.2) is 11.5 Å². The van der Waals surface area contributed by atoms with E-state index in [1.54, 1.807) is 25.4 Å². The lowest BCUT2D eigenvalue weighted by Crippen LogP contribution is -2.25. The van der Waals surface area contributed by atoms with E-state index in [-0.39, 0.29) is 11.9 Å². The van der Waals surface area contributed by atoms with E-state index >= 15 is 0 Å². The van der Waals surface area contributed by atoms with Gasteiger partial charge in [-0.3, -0.25) is 4.98 Å². The molecule has 1 atom stereocenters. The predicted molar refractivity (Wildman–Crippen MR) is 85.1 cm³/mol. The number of halogens is 2. The number of aryl methyl sites for hydroxylation is 1. The molecule has 0 fully saturated rings. The first-order valence-electron chi connectivity index (χ1n) is 7.20. The van der Waals surface area contributed by atoms with E-state index in [1.165, 1.54) is 0 Å². The summed E-state index contributed by atoms with van der Waals surface area (Å²) in [5, 5.41) is 4.03. The molecule has 0 amide bonds. The van der Waals surface area contributed by atoms with Crippen molar-refractivity contribution in [1.82, 2.24) is 10.3 Å². The Kier molecular flexibility index (Phi) is 5.71. The Hall–Kier alpha value is -1.45. The molecule has 0 spiro atoms. The average Bonchev–Trinajstić information content (AvgIpc) is 2.48. The largest absolute Gasteiger partial charge is 0.310 e. The summed E-state index contributed by atoms with van der Waals surface area (Å²) in [6, 6.07) is 7.31. The molecule has 2 rings (SSSR count). The SMILES string of the molecule is CCCNC(Cc1ccncc1Cl)c1cccc(C)c1F. The molecular formula is C17H20ClFN2.